The van der Waals surface area contributed by atoms with Gasteiger partial charge in [0, 0.05) is 52.9 Å². The molecule has 40 heavy (non-hydrogen) atoms. The average Bonchev–Trinajstić information content (AvgIpc) is 2.91. The predicted molar refractivity (Wildman–Crippen MR) is 137 cm³/mol. The van der Waals surface area contributed by atoms with Crippen molar-refractivity contribution in [3.05, 3.63) is 45.0 Å². The zero-order chi connectivity index (χ0) is 29.4. The van der Waals surface area contributed by atoms with Crippen molar-refractivity contribution in [2.24, 2.45) is 0 Å². The van der Waals surface area contributed by atoms with Gasteiger partial charge in [0.1, 0.15) is 6.23 Å². The van der Waals surface area contributed by atoms with Gasteiger partial charge in [-0.3, -0.25) is 38.6 Å². The van der Waals surface area contributed by atoms with E-state index < -0.39 is 59.4 Å². The Morgan fingerprint density at radius 1 is 0.875 bits per heavy atom. The number of fused-ring (bicyclic) bond motifs is 5. The van der Waals surface area contributed by atoms with E-state index in [-0.39, 0.29) is 64.6 Å². The lowest BCUT2D eigenvalue weighted by atomic mass is 9.68. The molecule has 1 fully saturated rings. The first-order chi connectivity index (χ1) is 18.9. The van der Waals surface area contributed by atoms with Gasteiger partial charge in [0.15, 0.2) is 23.1 Å². The number of ether oxygens (including phenoxy) is 2. The normalized spacial score (nSPS) is 30.8. The first kappa shape index (κ1) is 27.8. The van der Waals surface area contributed by atoms with E-state index in [1.54, 1.807) is 11.9 Å². The summed E-state index contributed by atoms with van der Waals surface area (Å²) in [6.07, 6.45) is -1.18. The van der Waals surface area contributed by atoms with E-state index in [2.05, 4.69) is 5.32 Å². The largest absolute Gasteiger partial charge is 0.492 e. The average molecular weight is 554 g/mol. The quantitative estimate of drug-likeness (QED) is 0.327. The Hall–Kier alpha value is -3.74. The topological polar surface area (TPSA) is 160 Å². The Morgan fingerprint density at radius 3 is 1.90 bits per heavy atom. The summed E-state index contributed by atoms with van der Waals surface area (Å²) in [4.78, 5) is 81.7. The Labute approximate surface area is 230 Å². The van der Waals surface area contributed by atoms with E-state index in [1.807, 2.05) is 4.90 Å². The van der Waals surface area contributed by atoms with Crippen LogP contribution in [0.2, 0.25) is 0 Å². The summed E-state index contributed by atoms with van der Waals surface area (Å²) in [6.45, 7) is 3.86. The molecule has 1 amide bonds. The number of aliphatic hydroxyl groups excluding tert-OH is 1. The van der Waals surface area contributed by atoms with Crippen LogP contribution < -0.4 is 5.32 Å². The fraction of sp³-hybridized carbons (Fsp3) is 0.500. The molecule has 12 nitrogen and oxygen atoms in total. The number of aliphatic hydroxyl groups is 1. The third kappa shape index (κ3) is 3.70. The Bertz CT molecular complexity index is 1430. The third-order valence-corrected chi connectivity index (χ3v) is 8.82. The molecule has 0 spiro atoms. The second-order valence-corrected chi connectivity index (χ2v) is 10.7. The highest BCUT2D eigenvalue weighted by molar-refractivity contribution is 6.35. The van der Waals surface area contributed by atoms with Crippen LogP contribution in [0.15, 0.2) is 45.0 Å². The summed E-state index contributed by atoms with van der Waals surface area (Å²) in [5.74, 6) is -3.54. The monoisotopic (exact) mass is 553 g/mol. The molecule has 2 aliphatic carbocycles. The number of methoxy groups -OCH3 is 2. The fourth-order valence-corrected chi connectivity index (χ4v) is 6.94. The van der Waals surface area contributed by atoms with Crippen molar-refractivity contribution in [2.75, 3.05) is 27.8 Å². The molecule has 0 aromatic rings. The molecule has 12 heteroatoms. The minimum Gasteiger partial charge on any atom is -0.492 e. The lowest BCUT2D eigenvalue weighted by Gasteiger charge is -2.60. The number of Topliss-reactive ketones (excluding diaryl/α,β-unsaturated/α-hetero) is 5. The number of likely N-dealkylation sites (N-methyl/N-ethyl adjacent to an activating group) is 1. The lowest BCUT2D eigenvalue weighted by molar-refractivity contribution is -0.161. The second kappa shape index (κ2) is 9.72. The molecule has 0 unspecified atom stereocenters. The molecule has 212 valence electrons. The number of hydrogen-bond donors (Lipinski definition) is 2. The van der Waals surface area contributed by atoms with Crippen molar-refractivity contribution in [2.45, 2.75) is 64.0 Å². The molecule has 2 N–H and O–H groups in total. The van der Waals surface area contributed by atoms with Crippen molar-refractivity contribution in [3.63, 3.8) is 0 Å². The SMILES string of the molecule is COC1=C(C)C(=O)C2=C(C1=O)[C@@H]1[C@H]3CC4=C(C(=O)C(OC)=C(C)C4=O)[C@@H](CNC(=O)C(C)=O)N3[C@@H](O)[C@H](C2)N1C. The molecule has 0 aromatic heterocycles. The molecule has 1 saturated heterocycles. The maximum Gasteiger partial charge on any atom is 0.287 e. The molecule has 0 aromatic carbocycles. The van der Waals surface area contributed by atoms with Crippen molar-refractivity contribution >= 4 is 34.8 Å². The zero-order valence-corrected chi connectivity index (χ0v) is 23.1. The number of carbonyl (C=O) groups is 6. The first-order valence-electron chi connectivity index (χ1n) is 13.0. The summed E-state index contributed by atoms with van der Waals surface area (Å²) in [6, 6.07) is -3.13. The molecule has 0 saturated carbocycles. The van der Waals surface area contributed by atoms with Gasteiger partial charge in [0.25, 0.3) is 5.91 Å². The smallest absolute Gasteiger partial charge is 0.287 e. The number of amides is 1. The number of ketones is 5. The summed E-state index contributed by atoms with van der Waals surface area (Å²) in [5.41, 5.74) is 1.12. The summed E-state index contributed by atoms with van der Waals surface area (Å²) in [7, 11) is 4.35. The van der Waals surface area contributed by atoms with Crippen LogP contribution in [0.4, 0.5) is 0 Å². The Morgan fingerprint density at radius 2 is 1.38 bits per heavy atom. The predicted octanol–water partition coefficient (Wildman–Crippen LogP) is -0.723. The number of hydrogen-bond acceptors (Lipinski definition) is 11. The highest BCUT2D eigenvalue weighted by atomic mass is 16.5. The maximum atomic E-state index is 13.7. The van der Waals surface area contributed by atoms with Crippen molar-refractivity contribution in [3.8, 4) is 0 Å². The highest BCUT2D eigenvalue weighted by Crippen LogP contribution is 2.48. The first-order valence-corrected chi connectivity index (χ1v) is 13.0. The standard InChI is InChI=1S/C28H31N3O9/c1-10-21(33)13-7-15-20-19-14(22(34)11(2)26(40-6)24(19)36)8-16(30(20)4)28(38)31(15)17(9-29-27(37)12(3)32)18(13)23(35)25(10)39-5/h15-17,20,28,38H,7-9H2,1-6H3,(H,29,37)/t15-,16+,17-,20+,28+/m1/s1. The third-order valence-electron chi connectivity index (χ3n) is 8.82. The number of nitrogens with zero attached hydrogens (tertiary/aromatic N) is 2. The molecule has 5 rings (SSSR count). The van der Waals surface area contributed by atoms with Crippen LogP contribution in [0.5, 0.6) is 0 Å². The van der Waals surface area contributed by atoms with Crippen molar-refractivity contribution in [1.82, 2.24) is 15.1 Å². The van der Waals surface area contributed by atoms with E-state index in [0.717, 1.165) is 6.92 Å². The summed E-state index contributed by atoms with van der Waals surface area (Å²) < 4.78 is 10.6. The van der Waals surface area contributed by atoms with Gasteiger partial charge >= 0.3 is 0 Å². The van der Waals surface area contributed by atoms with Gasteiger partial charge in [0.05, 0.1) is 32.3 Å². The Kier molecular flexibility index (Phi) is 6.76. The van der Waals surface area contributed by atoms with Crippen molar-refractivity contribution < 1.29 is 43.3 Å². The van der Waals surface area contributed by atoms with E-state index in [4.69, 9.17) is 9.47 Å². The van der Waals surface area contributed by atoms with Gasteiger partial charge < -0.3 is 19.9 Å². The van der Waals surface area contributed by atoms with Crippen LogP contribution in [0.1, 0.15) is 33.6 Å². The lowest BCUT2D eigenvalue weighted by Crippen LogP contribution is -2.74. The minimum absolute atomic E-state index is 0.00650. The van der Waals surface area contributed by atoms with E-state index >= 15 is 0 Å². The number of rotatable bonds is 5. The number of allylic oxidation sites excluding steroid dienone is 4. The summed E-state index contributed by atoms with van der Waals surface area (Å²) >= 11 is 0. The highest BCUT2D eigenvalue weighted by Gasteiger charge is 2.59. The van der Waals surface area contributed by atoms with Gasteiger partial charge in [-0.05, 0) is 33.7 Å². The van der Waals surface area contributed by atoms with Crippen LogP contribution in [0, 0.1) is 0 Å². The van der Waals surface area contributed by atoms with Crippen molar-refractivity contribution in [1.29, 1.82) is 0 Å². The Balaban J connectivity index is 1.68. The van der Waals surface area contributed by atoms with Gasteiger partial charge in [-0.2, -0.15) is 0 Å². The number of piperazine rings is 1. The van der Waals surface area contributed by atoms with Crippen LogP contribution >= 0.6 is 0 Å². The van der Waals surface area contributed by atoms with Gasteiger partial charge in [-0.15, -0.1) is 0 Å². The maximum absolute atomic E-state index is 13.7. The summed E-state index contributed by atoms with van der Waals surface area (Å²) in [5, 5.41) is 14.3. The molecule has 5 atom stereocenters. The molecule has 2 bridgehead atoms. The van der Waals surface area contributed by atoms with Crippen LogP contribution in [-0.4, -0.2) is 108 Å². The number of carbonyl (C=O) groups excluding carboxylic acids is 6. The molecular formula is C28H31N3O9. The minimum atomic E-state index is -1.24. The molecule has 5 aliphatic rings. The van der Waals surface area contributed by atoms with E-state index in [9.17, 15) is 33.9 Å². The van der Waals surface area contributed by atoms with E-state index in [0.29, 0.717) is 5.57 Å². The van der Waals surface area contributed by atoms with Gasteiger partial charge in [-0.25, -0.2) is 0 Å². The van der Waals surface area contributed by atoms with Crippen LogP contribution in [-0.2, 0) is 38.2 Å². The van der Waals surface area contributed by atoms with Gasteiger partial charge in [-0.1, -0.05) is 0 Å². The molecule has 3 aliphatic heterocycles. The number of nitrogens with one attached hydrogen (secondary N) is 1. The van der Waals surface area contributed by atoms with Crippen LogP contribution in [0.25, 0.3) is 0 Å². The van der Waals surface area contributed by atoms with Crippen LogP contribution in [0.3, 0.4) is 0 Å². The van der Waals surface area contributed by atoms with Gasteiger partial charge in [0.2, 0.25) is 17.3 Å². The van der Waals surface area contributed by atoms with E-state index in [1.165, 1.54) is 28.1 Å². The molecular weight excluding hydrogens is 522 g/mol. The fourth-order valence-electron chi connectivity index (χ4n) is 6.94. The molecule has 3 heterocycles. The second-order valence-electron chi connectivity index (χ2n) is 10.7. The molecule has 0 radical (unpaired) electrons. The zero-order valence-electron chi connectivity index (χ0n) is 23.1.